The van der Waals surface area contributed by atoms with Crippen LogP contribution in [0.5, 0.6) is 0 Å². The Morgan fingerprint density at radius 1 is 0.560 bits per heavy atom. The van der Waals surface area contributed by atoms with Crippen molar-refractivity contribution >= 4 is 33.1 Å². The molecule has 2 nitrogen and oxygen atoms in total. The fraction of sp³-hybridized carbons (Fsp3) is 0. The van der Waals surface area contributed by atoms with Gasteiger partial charge in [-0.2, -0.15) is 0 Å². The third kappa shape index (κ3) is 2.59. The Labute approximate surface area is 149 Å². The standard InChI is InChI=1S/C22H14N2S/c1-3-7-19-15(5-1)11-17(13-23-19)21-9-10-22(25-21)18-12-16-6-2-4-8-20(16)24-14-18/h1-14H. The summed E-state index contributed by atoms with van der Waals surface area (Å²) in [5.74, 6) is 0. The molecule has 0 N–H and O–H groups in total. The Hall–Kier alpha value is -3.04. The van der Waals surface area contributed by atoms with E-state index < -0.39 is 0 Å². The van der Waals surface area contributed by atoms with Crippen molar-refractivity contribution in [2.45, 2.75) is 0 Å². The van der Waals surface area contributed by atoms with E-state index >= 15 is 0 Å². The van der Waals surface area contributed by atoms with Gasteiger partial charge < -0.3 is 0 Å². The van der Waals surface area contributed by atoms with Gasteiger partial charge in [0.1, 0.15) is 0 Å². The third-order valence-electron chi connectivity index (χ3n) is 4.36. The maximum atomic E-state index is 4.57. The highest BCUT2D eigenvalue weighted by Gasteiger charge is 2.07. The molecule has 5 aromatic rings. The summed E-state index contributed by atoms with van der Waals surface area (Å²) in [4.78, 5) is 11.6. The molecule has 3 heteroatoms. The number of benzene rings is 2. The lowest BCUT2D eigenvalue weighted by Gasteiger charge is -2.02. The summed E-state index contributed by atoms with van der Waals surface area (Å²) in [5, 5.41) is 2.34. The summed E-state index contributed by atoms with van der Waals surface area (Å²) in [6.45, 7) is 0. The van der Waals surface area contributed by atoms with E-state index in [9.17, 15) is 0 Å². The lowest BCUT2D eigenvalue weighted by atomic mass is 10.1. The van der Waals surface area contributed by atoms with Crippen LogP contribution >= 0.6 is 11.3 Å². The molecule has 25 heavy (non-hydrogen) atoms. The van der Waals surface area contributed by atoms with Crippen LogP contribution in [-0.2, 0) is 0 Å². The molecule has 3 aromatic heterocycles. The number of aromatic nitrogens is 2. The molecule has 5 rings (SSSR count). The topological polar surface area (TPSA) is 25.8 Å². The highest BCUT2D eigenvalue weighted by Crippen LogP contribution is 2.35. The quantitative estimate of drug-likeness (QED) is 0.384. The van der Waals surface area contributed by atoms with Crippen LogP contribution in [0.3, 0.4) is 0 Å². The van der Waals surface area contributed by atoms with Crippen LogP contribution in [-0.4, -0.2) is 9.97 Å². The van der Waals surface area contributed by atoms with Crippen LogP contribution in [0.25, 0.3) is 42.7 Å². The van der Waals surface area contributed by atoms with E-state index in [-0.39, 0.29) is 0 Å². The first-order chi connectivity index (χ1) is 12.4. The third-order valence-corrected chi connectivity index (χ3v) is 5.54. The summed E-state index contributed by atoms with van der Waals surface area (Å²) in [7, 11) is 0. The maximum absolute atomic E-state index is 4.57. The van der Waals surface area contributed by atoms with Crippen molar-refractivity contribution in [2.75, 3.05) is 0 Å². The van der Waals surface area contributed by atoms with E-state index in [0.29, 0.717) is 0 Å². The Morgan fingerprint density at radius 2 is 1.04 bits per heavy atom. The van der Waals surface area contributed by atoms with Gasteiger partial charge in [0.15, 0.2) is 0 Å². The van der Waals surface area contributed by atoms with Gasteiger partial charge in [0, 0.05) is 44.0 Å². The smallest absolute Gasteiger partial charge is 0.0702 e. The van der Waals surface area contributed by atoms with Gasteiger partial charge in [-0.3, -0.25) is 9.97 Å². The summed E-state index contributed by atoms with van der Waals surface area (Å²) in [6, 6.07) is 25.2. The number of hydrogen-bond acceptors (Lipinski definition) is 3. The lowest BCUT2D eigenvalue weighted by Crippen LogP contribution is -1.80. The van der Waals surface area contributed by atoms with Gasteiger partial charge in [-0.25, -0.2) is 0 Å². The SMILES string of the molecule is c1ccc2ncc(-c3ccc(-c4cnc5ccccc5c4)s3)cc2c1. The first-order valence-corrected chi connectivity index (χ1v) is 8.99. The molecule has 0 aliphatic rings. The average molecular weight is 338 g/mol. The number of fused-ring (bicyclic) bond motifs is 2. The monoisotopic (exact) mass is 338 g/mol. The molecule has 0 aliphatic heterocycles. The number of hydrogen-bond donors (Lipinski definition) is 0. The first-order valence-electron chi connectivity index (χ1n) is 8.17. The van der Waals surface area contributed by atoms with E-state index in [1.807, 2.05) is 48.8 Å². The van der Waals surface area contributed by atoms with Gasteiger partial charge in [-0.1, -0.05) is 36.4 Å². The lowest BCUT2D eigenvalue weighted by molar-refractivity contribution is 1.42. The molecule has 0 spiro atoms. The second-order valence-electron chi connectivity index (χ2n) is 6.00. The molecule has 0 aliphatic carbocycles. The molecule has 0 radical (unpaired) electrons. The Bertz CT molecular complexity index is 1110. The summed E-state index contributed by atoms with van der Waals surface area (Å²) in [6.07, 6.45) is 3.91. The zero-order valence-corrected chi connectivity index (χ0v) is 14.2. The van der Waals surface area contributed by atoms with Crippen LogP contribution in [0.15, 0.2) is 85.2 Å². The van der Waals surface area contributed by atoms with Crippen molar-refractivity contribution in [3.05, 3.63) is 85.2 Å². The largest absolute Gasteiger partial charge is 0.256 e. The molecule has 0 bridgehead atoms. The normalized spacial score (nSPS) is 11.2. The minimum atomic E-state index is 1.03. The molecule has 118 valence electrons. The predicted octanol–water partition coefficient (Wildman–Crippen LogP) is 6.18. The molecule has 0 saturated carbocycles. The molecule has 0 fully saturated rings. The number of rotatable bonds is 2. The van der Waals surface area contributed by atoms with Crippen molar-refractivity contribution < 1.29 is 0 Å². The molecule has 0 amide bonds. The number of thiophene rings is 1. The first kappa shape index (κ1) is 14.3. The molecular formula is C22H14N2S. The predicted molar refractivity (Wildman–Crippen MR) is 106 cm³/mol. The second kappa shape index (κ2) is 5.80. The fourth-order valence-corrected chi connectivity index (χ4v) is 4.03. The summed E-state index contributed by atoms with van der Waals surface area (Å²) >= 11 is 1.78. The van der Waals surface area contributed by atoms with Gasteiger partial charge in [0.25, 0.3) is 0 Å². The molecule has 0 saturated heterocycles. The van der Waals surface area contributed by atoms with Crippen molar-refractivity contribution in [1.29, 1.82) is 0 Å². The minimum absolute atomic E-state index is 1.03. The van der Waals surface area contributed by atoms with Crippen LogP contribution in [0.4, 0.5) is 0 Å². The average Bonchev–Trinajstić information content (AvgIpc) is 3.17. The van der Waals surface area contributed by atoms with Crippen LogP contribution in [0.1, 0.15) is 0 Å². The maximum Gasteiger partial charge on any atom is 0.0702 e. The molecule has 2 aromatic carbocycles. The second-order valence-corrected chi connectivity index (χ2v) is 7.08. The van der Waals surface area contributed by atoms with Crippen molar-refractivity contribution in [3.8, 4) is 20.9 Å². The Morgan fingerprint density at radius 3 is 1.56 bits per heavy atom. The molecule has 0 atom stereocenters. The highest BCUT2D eigenvalue weighted by atomic mass is 32.1. The van der Waals surface area contributed by atoms with Crippen molar-refractivity contribution in [3.63, 3.8) is 0 Å². The van der Waals surface area contributed by atoms with Crippen LogP contribution < -0.4 is 0 Å². The highest BCUT2D eigenvalue weighted by molar-refractivity contribution is 7.18. The van der Waals surface area contributed by atoms with Gasteiger partial charge >= 0.3 is 0 Å². The number of para-hydroxylation sites is 2. The van der Waals surface area contributed by atoms with Crippen molar-refractivity contribution in [1.82, 2.24) is 9.97 Å². The van der Waals surface area contributed by atoms with E-state index in [0.717, 1.165) is 22.2 Å². The van der Waals surface area contributed by atoms with E-state index in [2.05, 4.69) is 46.4 Å². The fourth-order valence-electron chi connectivity index (χ4n) is 3.06. The van der Waals surface area contributed by atoms with E-state index in [1.165, 1.54) is 20.5 Å². The zero-order valence-electron chi connectivity index (χ0n) is 13.4. The van der Waals surface area contributed by atoms with Crippen LogP contribution in [0.2, 0.25) is 0 Å². The van der Waals surface area contributed by atoms with Crippen LogP contribution in [0, 0.1) is 0 Å². The van der Waals surface area contributed by atoms with E-state index in [1.54, 1.807) is 11.3 Å². The Balaban J connectivity index is 1.57. The van der Waals surface area contributed by atoms with E-state index in [4.69, 9.17) is 0 Å². The van der Waals surface area contributed by atoms with Gasteiger partial charge in [-0.15, -0.1) is 11.3 Å². The molecular weight excluding hydrogens is 324 g/mol. The Kier molecular flexibility index (Phi) is 3.32. The summed E-state index contributed by atoms with van der Waals surface area (Å²) in [5.41, 5.74) is 4.37. The van der Waals surface area contributed by atoms with Gasteiger partial charge in [0.05, 0.1) is 11.0 Å². The van der Waals surface area contributed by atoms with Crippen molar-refractivity contribution in [2.24, 2.45) is 0 Å². The van der Waals surface area contributed by atoms with Gasteiger partial charge in [0.2, 0.25) is 0 Å². The number of pyridine rings is 2. The zero-order chi connectivity index (χ0) is 16.6. The summed E-state index contributed by atoms with van der Waals surface area (Å²) < 4.78 is 0. The number of nitrogens with zero attached hydrogens (tertiary/aromatic N) is 2. The minimum Gasteiger partial charge on any atom is -0.256 e. The molecule has 0 unspecified atom stereocenters. The molecule has 3 heterocycles. The van der Waals surface area contributed by atoms with Gasteiger partial charge in [-0.05, 0) is 36.4 Å².